The van der Waals surface area contributed by atoms with Gasteiger partial charge in [0.25, 0.3) is 5.91 Å². The summed E-state index contributed by atoms with van der Waals surface area (Å²) in [5.74, 6) is -0.336. The third-order valence-electron chi connectivity index (χ3n) is 5.07. The number of carbonyl (C=O) groups excluding carboxylic acids is 1. The standard InChI is InChI=1S/C18H21F3N6O4/c19-18(20,21)14-1-5-23-16(24-14)26-6-2-11(3-7-26)4-8-27(17(29)30)10-12-9-13(15(22)28)25-31-12/h1,5,9,11H,2-4,6-8,10H2,(H2,22,28)(H,29,30). The van der Waals surface area contributed by atoms with Crippen LogP contribution in [0.2, 0.25) is 0 Å². The number of aromatic nitrogens is 3. The molecule has 2 aromatic rings. The zero-order valence-electron chi connectivity index (χ0n) is 16.4. The van der Waals surface area contributed by atoms with Crippen LogP contribution in [0.5, 0.6) is 0 Å². The van der Waals surface area contributed by atoms with Gasteiger partial charge in [0.1, 0.15) is 5.69 Å². The molecule has 0 bridgehead atoms. The van der Waals surface area contributed by atoms with Crippen LogP contribution in [0.15, 0.2) is 22.9 Å². The Bertz CT molecular complexity index is 927. The first-order chi connectivity index (χ1) is 14.6. The van der Waals surface area contributed by atoms with Gasteiger partial charge in [-0.15, -0.1) is 0 Å². The third kappa shape index (κ3) is 5.83. The number of carbonyl (C=O) groups is 2. The fraction of sp³-hybridized carbons (Fsp3) is 0.500. The quantitative estimate of drug-likeness (QED) is 0.666. The zero-order chi connectivity index (χ0) is 22.6. The highest BCUT2D eigenvalue weighted by Gasteiger charge is 2.33. The Balaban J connectivity index is 1.51. The zero-order valence-corrected chi connectivity index (χ0v) is 16.4. The van der Waals surface area contributed by atoms with Crippen molar-refractivity contribution in [2.24, 2.45) is 11.7 Å². The van der Waals surface area contributed by atoms with E-state index in [1.165, 1.54) is 6.07 Å². The largest absolute Gasteiger partial charge is 0.465 e. The van der Waals surface area contributed by atoms with Crippen LogP contribution in [0.25, 0.3) is 0 Å². The van der Waals surface area contributed by atoms with Crippen molar-refractivity contribution >= 4 is 17.9 Å². The molecule has 10 nitrogen and oxygen atoms in total. The number of rotatable bonds is 7. The van der Waals surface area contributed by atoms with Gasteiger partial charge in [-0.05, 0) is 31.2 Å². The lowest BCUT2D eigenvalue weighted by Gasteiger charge is -2.33. The molecule has 2 aromatic heterocycles. The maximum atomic E-state index is 12.8. The van der Waals surface area contributed by atoms with Gasteiger partial charge >= 0.3 is 12.3 Å². The molecular weight excluding hydrogens is 421 g/mol. The number of amides is 2. The van der Waals surface area contributed by atoms with Crippen LogP contribution < -0.4 is 10.6 Å². The Morgan fingerprint density at radius 2 is 2.03 bits per heavy atom. The van der Waals surface area contributed by atoms with Gasteiger partial charge in [-0.25, -0.2) is 14.8 Å². The highest BCUT2D eigenvalue weighted by molar-refractivity contribution is 5.90. The number of hydrogen-bond acceptors (Lipinski definition) is 7. The number of halogens is 3. The summed E-state index contributed by atoms with van der Waals surface area (Å²) in [4.78, 5) is 33.0. The predicted octanol–water partition coefficient (Wildman–Crippen LogP) is 2.37. The smallest absolute Gasteiger partial charge is 0.433 e. The van der Waals surface area contributed by atoms with Crippen LogP contribution >= 0.6 is 0 Å². The fourth-order valence-electron chi connectivity index (χ4n) is 3.35. The molecule has 1 aliphatic rings. The predicted molar refractivity (Wildman–Crippen MR) is 100 cm³/mol. The van der Waals surface area contributed by atoms with Gasteiger partial charge in [-0.2, -0.15) is 13.2 Å². The Morgan fingerprint density at radius 1 is 1.32 bits per heavy atom. The summed E-state index contributed by atoms with van der Waals surface area (Å²) in [7, 11) is 0. The number of carboxylic acid groups (broad SMARTS) is 1. The molecule has 0 saturated carbocycles. The molecule has 1 aliphatic heterocycles. The number of alkyl halides is 3. The van der Waals surface area contributed by atoms with E-state index in [2.05, 4.69) is 15.1 Å². The minimum atomic E-state index is -4.53. The topological polar surface area (TPSA) is 139 Å². The van der Waals surface area contributed by atoms with E-state index >= 15 is 0 Å². The molecule has 0 aliphatic carbocycles. The maximum Gasteiger partial charge on any atom is 0.433 e. The van der Waals surface area contributed by atoms with Gasteiger partial charge in [0.05, 0.1) is 6.54 Å². The summed E-state index contributed by atoms with van der Waals surface area (Å²) in [6, 6.07) is 2.13. The van der Waals surface area contributed by atoms with Crippen molar-refractivity contribution in [3.8, 4) is 0 Å². The van der Waals surface area contributed by atoms with Crippen molar-refractivity contribution in [1.82, 2.24) is 20.0 Å². The van der Waals surface area contributed by atoms with Crippen LogP contribution in [-0.4, -0.2) is 56.8 Å². The van der Waals surface area contributed by atoms with E-state index < -0.39 is 23.9 Å². The number of nitrogens with two attached hydrogens (primary N) is 1. The van der Waals surface area contributed by atoms with Crippen molar-refractivity contribution < 1.29 is 32.4 Å². The normalized spacial score (nSPS) is 15.1. The second-order valence-electron chi connectivity index (χ2n) is 7.21. The summed E-state index contributed by atoms with van der Waals surface area (Å²) < 4.78 is 43.5. The first-order valence-electron chi connectivity index (χ1n) is 9.52. The van der Waals surface area contributed by atoms with Crippen LogP contribution in [0, 0.1) is 5.92 Å². The van der Waals surface area contributed by atoms with E-state index in [1.54, 1.807) is 4.90 Å². The van der Waals surface area contributed by atoms with Crippen LogP contribution in [-0.2, 0) is 12.7 Å². The molecule has 0 unspecified atom stereocenters. The third-order valence-corrected chi connectivity index (χ3v) is 5.07. The Morgan fingerprint density at radius 3 is 2.61 bits per heavy atom. The molecule has 0 atom stereocenters. The maximum absolute atomic E-state index is 12.8. The Labute approximate surface area is 174 Å². The second kappa shape index (κ2) is 9.18. The van der Waals surface area contributed by atoms with E-state index in [1.807, 2.05) is 0 Å². The molecule has 0 spiro atoms. The number of primary amides is 1. The number of anilines is 1. The van der Waals surface area contributed by atoms with Gasteiger partial charge in [0.2, 0.25) is 5.95 Å². The van der Waals surface area contributed by atoms with Gasteiger partial charge in [-0.1, -0.05) is 5.16 Å². The first kappa shape index (κ1) is 22.3. The molecule has 3 N–H and O–H groups in total. The second-order valence-corrected chi connectivity index (χ2v) is 7.21. The lowest BCUT2D eigenvalue weighted by molar-refractivity contribution is -0.141. The molecule has 13 heteroatoms. The number of piperidine rings is 1. The van der Waals surface area contributed by atoms with Crippen molar-refractivity contribution in [1.29, 1.82) is 0 Å². The highest BCUT2D eigenvalue weighted by atomic mass is 19.4. The van der Waals surface area contributed by atoms with E-state index in [0.29, 0.717) is 32.4 Å². The molecular formula is C18H21F3N6O4. The molecule has 1 saturated heterocycles. The molecule has 0 aromatic carbocycles. The Kier molecular flexibility index (Phi) is 6.61. The highest BCUT2D eigenvalue weighted by Crippen LogP contribution is 2.29. The minimum Gasteiger partial charge on any atom is -0.465 e. The van der Waals surface area contributed by atoms with E-state index in [-0.39, 0.29) is 36.4 Å². The number of nitrogens with zero attached hydrogens (tertiary/aromatic N) is 5. The molecule has 2 amide bonds. The minimum absolute atomic E-state index is 0.0380. The molecule has 1 fully saturated rings. The average molecular weight is 442 g/mol. The van der Waals surface area contributed by atoms with Crippen molar-refractivity contribution in [3.05, 3.63) is 35.5 Å². The van der Waals surface area contributed by atoms with E-state index in [0.717, 1.165) is 17.2 Å². The van der Waals surface area contributed by atoms with Gasteiger partial charge in [-0.3, -0.25) is 4.79 Å². The average Bonchev–Trinajstić information content (AvgIpc) is 3.20. The van der Waals surface area contributed by atoms with Crippen molar-refractivity contribution in [2.75, 3.05) is 24.5 Å². The molecule has 168 valence electrons. The van der Waals surface area contributed by atoms with Gasteiger partial charge < -0.3 is 25.2 Å². The monoisotopic (exact) mass is 442 g/mol. The van der Waals surface area contributed by atoms with Gasteiger partial charge in [0.15, 0.2) is 11.5 Å². The SMILES string of the molecule is NC(=O)c1cc(CN(CCC2CCN(c3nccc(C(F)(F)F)n3)CC2)C(=O)O)on1. The lowest BCUT2D eigenvalue weighted by Crippen LogP contribution is -2.37. The van der Waals surface area contributed by atoms with Crippen molar-refractivity contribution in [2.45, 2.75) is 32.0 Å². The summed E-state index contributed by atoms with van der Waals surface area (Å²) in [5, 5.41) is 12.9. The van der Waals surface area contributed by atoms with Crippen LogP contribution in [0.3, 0.4) is 0 Å². The number of hydrogen-bond donors (Lipinski definition) is 2. The molecule has 31 heavy (non-hydrogen) atoms. The fourth-order valence-corrected chi connectivity index (χ4v) is 3.35. The van der Waals surface area contributed by atoms with Crippen LogP contribution in [0.4, 0.5) is 23.9 Å². The van der Waals surface area contributed by atoms with Crippen LogP contribution in [0.1, 0.15) is 41.2 Å². The summed E-state index contributed by atoms with van der Waals surface area (Å²) >= 11 is 0. The van der Waals surface area contributed by atoms with Crippen molar-refractivity contribution in [3.63, 3.8) is 0 Å². The first-order valence-corrected chi connectivity index (χ1v) is 9.52. The summed E-state index contributed by atoms with van der Waals surface area (Å²) in [5.41, 5.74) is 4.03. The van der Waals surface area contributed by atoms with Gasteiger partial charge in [0, 0.05) is 31.9 Å². The molecule has 3 rings (SSSR count). The summed E-state index contributed by atoms with van der Waals surface area (Å²) in [6.45, 7) is 1.10. The van der Waals surface area contributed by atoms with E-state index in [4.69, 9.17) is 10.3 Å². The van der Waals surface area contributed by atoms with E-state index in [9.17, 15) is 27.9 Å². The summed E-state index contributed by atoms with van der Waals surface area (Å²) in [6.07, 6.45) is -2.68. The molecule has 3 heterocycles. The molecule has 0 radical (unpaired) electrons. The lowest BCUT2D eigenvalue weighted by atomic mass is 9.93. The Hall–Kier alpha value is -3.38.